The van der Waals surface area contributed by atoms with Crippen molar-refractivity contribution in [3.63, 3.8) is 0 Å². The SMILES string of the molecule is Cc1cc(C)nc(NC(=O)CCn2c3ccccc3c3nc4ccccc4nc32)n1. The predicted molar refractivity (Wildman–Crippen MR) is 117 cm³/mol. The molecule has 0 radical (unpaired) electrons. The van der Waals surface area contributed by atoms with Gasteiger partial charge >= 0.3 is 0 Å². The highest BCUT2D eigenvalue weighted by molar-refractivity contribution is 6.06. The Labute approximate surface area is 172 Å². The first-order chi connectivity index (χ1) is 14.6. The van der Waals surface area contributed by atoms with E-state index in [1.165, 1.54) is 0 Å². The molecule has 0 bridgehead atoms. The van der Waals surface area contributed by atoms with Crippen molar-refractivity contribution in [2.24, 2.45) is 0 Å². The smallest absolute Gasteiger partial charge is 0.229 e. The third kappa shape index (κ3) is 3.24. The van der Waals surface area contributed by atoms with Crippen LogP contribution in [0.5, 0.6) is 0 Å². The zero-order chi connectivity index (χ0) is 20.7. The van der Waals surface area contributed by atoms with Crippen LogP contribution in [0.15, 0.2) is 54.6 Å². The van der Waals surface area contributed by atoms with Gasteiger partial charge in [-0.3, -0.25) is 10.1 Å². The fourth-order valence-electron chi connectivity index (χ4n) is 3.79. The molecule has 0 aliphatic rings. The van der Waals surface area contributed by atoms with Crippen LogP contribution in [0.1, 0.15) is 17.8 Å². The lowest BCUT2D eigenvalue weighted by molar-refractivity contribution is -0.116. The van der Waals surface area contributed by atoms with Crippen molar-refractivity contribution < 1.29 is 4.79 Å². The third-order valence-corrected chi connectivity index (χ3v) is 5.05. The van der Waals surface area contributed by atoms with Gasteiger partial charge in [0.2, 0.25) is 11.9 Å². The maximum Gasteiger partial charge on any atom is 0.229 e. The highest BCUT2D eigenvalue weighted by atomic mass is 16.1. The number of benzene rings is 2. The van der Waals surface area contributed by atoms with Gasteiger partial charge in [-0.15, -0.1) is 0 Å². The van der Waals surface area contributed by atoms with E-state index in [2.05, 4.69) is 19.9 Å². The average Bonchev–Trinajstić information content (AvgIpc) is 3.02. The largest absolute Gasteiger partial charge is 0.323 e. The van der Waals surface area contributed by atoms with Crippen molar-refractivity contribution in [1.82, 2.24) is 24.5 Å². The van der Waals surface area contributed by atoms with E-state index in [9.17, 15) is 4.79 Å². The Bertz CT molecular complexity index is 1400. The van der Waals surface area contributed by atoms with Crippen molar-refractivity contribution in [2.45, 2.75) is 26.8 Å². The van der Waals surface area contributed by atoms with E-state index in [4.69, 9.17) is 9.97 Å². The second-order valence-electron chi connectivity index (χ2n) is 7.33. The first kappa shape index (κ1) is 18.2. The quantitative estimate of drug-likeness (QED) is 0.493. The normalized spacial score (nSPS) is 11.4. The molecule has 0 saturated heterocycles. The summed E-state index contributed by atoms with van der Waals surface area (Å²) in [6.45, 7) is 4.24. The van der Waals surface area contributed by atoms with Crippen LogP contribution < -0.4 is 5.32 Å². The Hall–Kier alpha value is -3.87. The summed E-state index contributed by atoms with van der Waals surface area (Å²) < 4.78 is 2.06. The molecule has 0 atom stereocenters. The van der Waals surface area contributed by atoms with Crippen molar-refractivity contribution in [2.75, 3.05) is 5.32 Å². The summed E-state index contributed by atoms with van der Waals surface area (Å²) in [4.78, 5) is 30.8. The maximum atomic E-state index is 12.6. The van der Waals surface area contributed by atoms with E-state index in [0.717, 1.165) is 44.5 Å². The second kappa shape index (κ2) is 7.18. The van der Waals surface area contributed by atoms with Gasteiger partial charge in [-0.2, -0.15) is 0 Å². The zero-order valence-corrected chi connectivity index (χ0v) is 16.8. The van der Waals surface area contributed by atoms with Crippen molar-refractivity contribution in [3.8, 4) is 0 Å². The molecule has 0 fully saturated rings. The topological polar surface area (TPSA) is 85.6 Å². The van der Waals surface area contributed by atoms with E-state index >= 15 is 0 Å². The van der Waals surface area contributed by atoms with Gasteiger partial charge in [-0.25, -0.2) is 19.9 Å². The number of hydrogen-bond donors (Lipinski definition) is 1. The van der Waals surface area contributed by atoms with Crippen molar-refractivity contribution >= 4 is 45.0 Å². The van der Waals surface area contributed by atoms with Gasteiger partial charge in [-0.05, 0) is 38.1 Å². The van der Waals surface area contributed by atoms with Crippen LogP contribution in [0.25, 0.3) is 33.1 Å². The molecular formula is C23H20N6O. The number of carbonyl (C=O) groups is 1. The Morgan fingerprint density at radius 1 is 0.900 bits per heavy atom. The predicted octanol–water partition coefficient (Wildman–Crippen LogP) is 4.17. The first-order valence-corrected chi connectivity index (χ1v) is 9.84. The van der Waals surface area contributed by atoms with Crippen LogP contribution >= 0.6 is 0 Å². The molecular weight excluding hydrogens is 376 g/mol. The van der Waals surface area contributed by atoms with Crippen LogP contribution in [0.2, 0.25) is 0 Å². The fourth-order valence-corrected chi connectivity index (χ4v) is 3.79. The number of aryl methyl sites for hydroxylation is 3. The van der Waals surface area contributed by atoms with E-state index < -0.39 is 0 Å². The van der Waals surface area contributed by atoms with Gasteiger partial charge < -0.3 is 4.57 Å². The van der Waals surface area contributed by atoms with Crippen molar-refractivity contribution in [1.29, 1.82) is 0 Å². The third-order valence-electron chi connectivity index (χ3n) is 5.05. The molecule has 0 aliphatic heterocycles. The highest BCUT2D eigenvalue weighted by Gasteiger charge is 2.15. The molecule has 30 heavy (non-hydrogen) atoms. The lowest BCUT2D eigenvalue weighted by Crippen LogP contribution is -2.17. The monoisotopic (exact) mass is 396 g/mol. The van der Waals surface area contributed by atoms with Gasteiger partial charge in [-0.1, -0.05) is 30.3 Å². The van der Waals surface area contributed by atoms with Crippen LogP contribution in [-0.2, 0) is 11.3 Å². The Morgan fingerprint density at radius 2 is 1.57 bits per heavy atom. The zero-order valence-electron chi connectivity index (χ0n) is 16.8. The summed E-state index contributed by atoms with van der Waals surface area (Å²) >= 11 is 0. The summed E-state index contributed by atoms with van der Waals surface area (Å²) in [6.07, 6.45) is 0.276. The van der Waals surface area contributed by atoms with Gasteiger partial charge in [0, 0.05) is 29.7 Å². The lowest BCUT2D eigenvalue weighted by Gasteiger charge is -2.08. The number of nitrogens with one attached hydrogen (secondary N) is 1. The number of carbonyl (C=O) groups excluding carboxylic acids is 1. The Kier molecular flexibility index (Phi) is 4.35. The number of aromatic nitrogens is 5. The van der Waals surface area contributed by atoms with E-state index in [1.807, 2.05) is 68.4 Å². The molecule has 0 spiro atoms. The van der Waals surface area contributed by atoms with Gasteiger partial charge in [0.15, 0.2) is 5.65 Å². The lowest BCUT2D eigenvalue weighted by atomic mass is 10.2. The van der Waals surface area contributed by atoms with E-state index in [0.29, 0.717) is 12.5 Å². The fraction of sp³-hybridized carbons (Fsp3) is 0.174. The molecule has 1 N–H and O–H groups in total. The molecule has 7 heteroatoms. The maximum absolute atomic E-state index is 12.6. The van der Waals surface area contributed by atoms with E-state index in [-0.39, 0.29) is 12.3 Å². The average molecular weight is 396 g/mol. The molecule has 7 nitrogen and oxygen atoms in total. The standard InChI is InChI=1S/C23H20N6O/c1-14-13-15(2)25-23(24-14)28-20(30)11-12-29-19-10-6-3-7-16(19)21-22(29)27-18-9-5-4-8-17(18)26-21/h3-10,13H,11-12H2,1-2H3,(H,24,25,28,30). The molecule has 0 unspecified atom stereocenters. The number of rotatable bonds is 4. The molecule has 3 heterocycles. The van der Waals surface area contributed by atoms with Crippen molar-refractivity contribution in [3.05, 3.63) is 66.0 Å². The minimum absolute atomic E-state index is 0.139. The van der Waals surface area contributed by atoms with E-state index in [1.54, 1.807) is 0 Å². The van der Waals surface area contributed by atoms with Crippen LogP contribution in [-0.4, -0.2) is 30.4 Å². The molecule has 0 aliphatic carbocycles. The first-order valence-electron chi connectivity index (χ1n) is 9.84. The number of hydrogen-bond acceptors (Lipinski definition) is 5. The number of nitrogens with zero attached hydrogens (tertiary/aromatic N) is 5. The summed E-state index contributed by atoms with van der Waals surface area (Å²) in [6, 6.07) is 17.8. The minimum Gasteiger partial charge on any atom is -0.323 e. The number of para-hydroxylation sites is 3. The number of fused-ring (bicyclic) bond motifs is 4. The Morgan fingerprint density at radius 3 is 2.33 bits per heavy atom. The van der Waals surface area contributed by atoms with Gasteiger partial charge in [0.25, 0.3) is 0 Å². The Balaban J connectivity index is 1.50. The van der Waals surface area contributed by atoms with Crippen LogP contribution in [0.4, 0.5) is 5.95 Å². The number of anilines is 1. The molecule has 148 valence electrons. The van der Waals surface area contributed by atoms with Gasteiger partial charge in [0.05, 0.1) is 16.6 Å². The molecule has 5 rings (SSSR count). The minimum atomic E-state index is -0.139. The van der Waals surface area contributed by atoms with Crippen LogP contribution in [0.3, 0.4) is 0 Å². The molecule has 5 aromatic rings. The van der Waals surface area contributed by atoms with Gasteiger partial charge in [0.1, 0.15) is 5.52 Å². The summed E-state index contributed by atoms with van der Waals surface area (Å²) in [5.74, 6) is 0.199. The summed E-state index contributed by atoms with van der Waals surface area (Å²) in [5, 5.41) is 3.83. The molecule has 1 amide bonds. The molecule has 3 aromatic heterocycles. The number of amides is 1. The second-order valence-corrected chi connectivity index (χ2v) is 7.33. The summed E-state index contributed by atoms with van der Waals surface area (Å²) in [5.41, 5.74) is 5.98. The van der Waals surface area contributed by atoms with Crippen LogP contribution in [0, 0.1) is 13.8 Å². The highest BCUT2D eigenvalue weighted by Crippen LogP contribution is 2.28. The molecule has 0 saturated carbocycles. The summed E-state index contributed by atoms with van der Waals surface area (Å²) in [7, 11) is 0. The molecule has 2 aromatic carbocycles.